The fraction of sp³-hybridized carbons (Fsp3) is 0.692. The van der Waals surface area contributed by atoms with Gasteiger partial charge in [-0.05, 0) is 64.3 Å². The number of benzene rings is 1. The highest BCUT2D eigenvalue weighted by Gasteiger charge is 2.58. The van der Waals surface area contributed by atoms with Gasteiger partial charge in [-0.15, -0.1) is 0 Å². The van der Waals surface area contributed by atoms with E-state index in [1.54, 1.807) is 18.7 Å². The molecule has 11 nitrogen and oxygen atoms in total. The van der Waals surface area contributed by atoms with E-state index in [0.717, 1.165) is 6.42 Å². The molecule has 2 amide bonds. The van der Waals surface area contributed by atoms with Crippen LogP contribution < -0.4 is 0 Å². The van der Waals surface area contributed by atoms with E-state index in [1.807, 2.05) is 25.7 Å². The summed E-state index contributed by atoms with van der Waals surface area (Å²) in [5.74, 6) is -0.547. The maximum Gasteiger partial charge on any atom is 0.410 e. The quantitative estimate of drug-likeness (QED) is 0.482. The van der Waals surface area contributed by atoms with E-state index >= 15 is 0 Å². The summed E-state index contributed by atoms with van der Waals surface area (Å²) < 4.78 is 60.5. The van der Waals surface area contributed by atoms with Crippen LogP contribution in [0.4, 0.5) is 4.79 Å². The number of carbonyl (C=O) groups excluding carboxylic acids is 2. The first-order valence-electron chi connectivity index (χ1n) is 13.5. The van der Waals surface area contributed by atoms with E-state index < -0.39 is 37.7 Å². The van der Waals surface area contributed by atoms with E-state index in [-0.39, 0.29) is 27.8 Å². The zero-order valence-electron chi connectivity index (χ0n) is 23.4. The van der Waals surface area contributed by atoms with Crippen LogP contribution >= 0.6 is 0 Å². The molecule has 0 aliphatic carbocycles. The number of piperidine rings is 1. The maximum atomic E-state index is 13.5. The summed E-state index contributed by atoms with van der Waals surface area (Å²) in [5, 5.41) is 0. The molecule has 0 aromatic heterocycles. The third kappa shape index (κ3) is 5.68. The highest BCUT2D eigenvalue weighted by atomic mass is 32.2. The Labute approximate surface area is 232 Å². The van der Waals surface area contributed by atoms with Crippen LogP contribution in [-0.4, -0.2) is 104 Å². The van der Waals surface area contributed by atoms with Crippen molar-refractivity contribution in [3.8, 4) is 0 Å². The topological polar surface area (TPSA) is 125 Å². The molecule has 1 aromatic rings. The van der Waals surface area contributed by atoms with Gasteiger partial charge in [0.2, 0.25) is 26.0 Å². The summed E-state index contributed by atoms with van der Waals surface area (Å²) in [6, 6.07) is 5.29. The molecule has 0 saturated carbocycles. The number of nitrogens with zero attached hydrogens (tertiary/aromatic N) is 4. The summed E-state index contributed by atoms with van der Waals surface area (Å²) in [6.07, 6.45) is 1.55. The van der Waals surface area contributed by atoms with Crippen molar-refractivity contribution < 1.29 is 31.2 Å². The molecule has 3 saturated heterocycles. The van der Waals surface area contributed by atoms with Crippen LogP contribution in [0.25, 0.3) is 0 Å². The van der Waals surface area contributed by atoms with Gasteiger partial charge in [0.25, 0.3) is 0 Å². The van der Waals surface area contributed by atoms with Gasteiger partial charge in [-0.3, -0.25) is 4.79 Å². The largest absolute Gasteiger partial charge is 0.444 e. The molecule has 3 aliphatic heterocycles. The molecule has 1 atom stereocenters. The van der Waals surface area contributed by atoms with Crippen LogP contribution in [0, 0.1) is 5.92 Å². The highest BCUT2D eigenvalue weighted by molar-refractivity contribution is 7.89. The number of rotatable bonds is 7. The smallest absolute Gasteiger partial charge is 0.410 e. The fourth-order valence-corrected chi connectivity index (χ4v) is 8.54. The summed E-state index contributed by atoms with van der Waals surface area (Å²) >= 11 is 0. The van der Waals surface area contributed by atoms with Crippen molar-refractivity contribution in [2.75, 3.05) is 45.8 Å². The van der Waals surface area contributed by atoms with Gasteiger partial charge in [0.1, 0.15) is 5.60 Å². The van der Waals surface area contributed by atoms with Crippen LogP contribution in [0.2, 0.25) is 0 Å². The van der Waals surface area contributed by atoms with Crippen LogP contribution in [0.3, 0.4) is 0 Å². The third-order valence-electron chi connectivity index (χ3n) is 7.80. The van der Waals surface area contributed by atoms with Gasteiger partial charge in [0.05, 0.1) is 21.2 Å². The normalized spacial score (nSPS) is 21.9. The predicted molar refractivity (Wildman–Crippen MR) is 145 cm³/mol. The predicted octanol–water partition coefficient (Wildman–Crippen LogP) is 2.34. The Morgan fingerprint density at radius 2 is 1.59 bits per heavy atom. The van der Waals surface area contributed by atoms with E-state index in [1.165, 1.54) is 32.9 Å². The molecule has 3 heterocycles. The lowest BCUT2D eigenvalue weighted by atomic mass is 9.76. The van der Waals surface area contributed by atoms with Crippen molar-refractivity contribution in [3.05, 3.63) is 24.3 Å². The Hall–Kier alpha value is -2.22. The second-order valence-corrected chi connectivity index (χ2v) is 15.4. The first-order valence-corrected chi connectivity index (χ1v) is 16.4. The first kappa shape index (κ1) is 29.8. The van der Waals surface area contributed by atoms with E-state index in [2.05, 4.69) is 0 Å². The number of carbonyl (C=O) groups is 2. The number of sulfonamides is 2. The molecule has 3 aliphatic rings. The fourth-order valence-electron chi connectivity index (χ4n) is 5.56. The molecule has 1 spiro atoms. The molecule has 0 unspecified atom stereocenters. The molecule has 0 N–H and O–H groups in total. The summed E-state index contributed by atoms with van der Waals surface area (Å²) in [5.41, 5.74) is -0.979. The average Bonchev–Trinajstić information content (AvgIpc) is 2.82. The molecule has 39 heavy (non-hydrogen) atoms. The molecule has 13 heteroatoms. The number of hydrogen-bond acceptors (Lipinski definition) is 7. The van der Waals surface area contributed by atoms with Gasteiger partial charge in [-0.25, -0.2) is 21.6 Å². The van der Waals surface area contributed by atoms with Crippen molar-refractivity contribution in [2.45, 2.75) is 74.8 Å². The summed E-state index contributed by atoms with van der Waals surface area (Å²) in [4.78, 5) is 29.3. The minimum absolute atomic E-state index is 0.00140. The minimum atomic E-state index is -3.91. The first-order chi connectivity index (χ1) is 18.1. The number of ether oxygens (including phenoxy) is 1. The van der Waals surface area contributed by atoms with Crippen molar-refractivity contribution in [2.24, 2.45) is 5.92 Å². The molecule has 0 bridgehead atoms. The van der Waals surface area contributed by atoms with Gasteiger partial charge in [0.15, 0.2) is 0 Å². The zero-order chi connectivity index (χ0) is 28.8. The monoisotopic (exact) mass is 584 g/mol. The Balaban J connectivity index is 1.41. The van der Waals surface area contributed by atoms with Crippen molar-refractivity contribution in [1.29, 1.82) is 0 Å². The molecule has 4 rings (SSSR count). The van der Waals surface area contributed by atoms with E-state index in [4.69, 9.17) is 4.74 Å². The van der Waals surface area contributed by atoms with Crippen molar-refractivity contribution in [1.82, 2.24) is 18.4 Å². The summed E-state index contributed by atoms with van der Waals surface area (Å²) in [7, 11) is -7.61. The second-order valence-electron chi connectivity index (χ2n) is 11.6. The lowest BCUT2D eigenvalue weighted by Gasteiger charge is -2.62. The van der Waals surface area contributed by atoms with Gasteiger partial charge in [-0.1, -0.05) is 13.8 Å². The Bertz CT molecular complexity index is 1300. The van der Waals surface area contributed by atoms with Crippen LogP contribution in [0.1, 0.15) is 53.9 Å². The van der Waals surface area contributed by atoms with Crippen LogP contribution in [0.5, 0.6) is 0 Å². The van der Waals surface area contributed by atoms with Gasteiger partial charge >= 0.3 is 6.09 Å². The van der Waals surface area contributed by atoms with E-state index in [9.17, 15) is 26.4 Å². The average molecular weight is 585 g/mol. The minimum Gasteiger partial charge on any atom is -0.444 e. The Kier molecular flexibility index (Phi) is 8.12. The SMILES string of the molecule is CCN(CC)S(=O)(=O)c1ccc(S(=O)(=O)N2CCC[C@@H](C(=O)N3CCC34CN(C(=O)OC(C)(C)C)C4)C2)cc1. The molecule has 3 fully saturated rings. The lowest BCUT2D eigenvalue weighted by Crippen LogP contribution is -2.79. The van der Waals surface area contributed by atoms with E-state index in [0.29, 0.717) is 52.1 Å². The molecular weight excluding hydrogens is 544 g/mol. The zero-order valence-corrected chi connectivity index (χ0v) is 25.1. The standard InChI is InChI=1S/C26H40N4O7S2/c1-6-28(7-2)38(33,34)21-10-12-22(13-11-21)39(35,36)29-15-8-9-20(17-29)23(31)30-16-14-26(30)18-27(19-26)24(32)37-25(3,4)5/h10-13,20H,6-9,14-19H2,1-5H3/t20-/m1/s1. The van der Waals surface area contributed by atoms with Crippen LogP contribution in [0.15, 0.2) is 34.1 Å². The molecule has 0 radical (unpaired) electrons. The molecule has 1 aromatic carbocycles. The number of likely N-dealkylation sites (tertiary alicyclic amines) is 2. The van der Waals surface area contributed by atoms with Crippen molar-refractivity contribution in [3.63, 3.8) is 0 Å². The number of hydrogen-bond donors (Lipinski definition) is 0. The number of amides is 2. The van der Waals surface area contributed by atoms with Crippen LogP contribution in [-0.2, 0) is 29.6 Å². The summed E-state index contributed by atoms with van der Waals surface area (Å²) in [6.45, 7) is 11.4. The second kappa shape index (κ2) is 10.6. The van der Waals surface area contributed by atoms with Gasteiger partial charge < -0.3 is 14.5 Å². The Morgan fingerprint density at radius 3 is 2.10 bits per heavy atom. The molecule has 218 valence electrons. The maximum absolute atomic E-state index is 13.5. The Morgan fingerprint density at radius 1 is 1.00 bits per heavy atom. The lowest BCUT2D eigenvalue weighted by molar-refractivity contribution is -0.169. The van der Waals surface area contributed by atoms with Gasteiger partial charge in [-0.2, -0.15) is 8.61 Å². The van der Waals surface area contributed by atoms with Crippen molar-refractivity contribution >= 4 is 32.0 Å². The third-order valence-corrected chi connectivity index (χ3v) is 11.7. The highest BCUT2D eigenvalue weighted by Crippen LogP contribution is 2.41. The molecular formula is C26H40N4O7S2. The van der Waals surface area contributed by atoms with Gasteiger partial charge in [0, 0.05) is 45.8 Å².